The first-order valence-electron chi connectivity index (χ1n) is 5.12. The zero-order valence-corrected chi connectivity index (χ0v) is 10.9. The van der Waals surface area contributed by atoms with Crippen molar-refractivity contribution in [3.8, 4) is 0 Å². The van der Waals surface area contributed by atoms with Gasteiger partial charge in [-0.05, 0) is 38.0 Å². The maximum Gasteiger partial charge on any atom is 0 e. The predicted molar refractivity (Wildman–Crippen MR) is 55.1 cm³/mol. The zero-order valence-electron chi connectivity index (χ0n) is 8.66. The smallest absolute Gasteiger partial charge is 0 e. The number of hydrogen-bond donors (Lipinski definition) is 0. The molecule has 1 heteroatoms. The molecular weight excluding hydrogens is 339 g/mol. The van der Waals surface area contributed by atoms with Crippen molar-refractivity contribution >= 4 is 0 Å². The number of rotatable bonds is 2. The fraction of sp³-hybridized carbons (Fsp3) is 0.667. The summed E-state index contributed by atoms with van der Waals surface area (Å²) in [6, 6.07) is 0. The van der Waals surface area contributed by atoms with Gasteiger partial charge in [0.15, 0.2) is 0 Å². The Balaban J connectivity index is 0.00000144. The number of allylic oxidation sites excluding steroid dienone is 4. The molecule has 1 rings (SSSR count). The van der Waals surface area contributed by atoms with Crippen molar-refractivity contribution in [1.29, 1.82) is 0 Å². The molecule has 0 aromatic rings. The summed E-state index contributed by atoms with van der Waals surface area (Å²) in [5.41, 5.74) is 1.68. The maximum absolute atomic E-state index is 2.45. The van der Waals surface area contributed by atoms with Gasteiger partial charge in [-0.3, -0.25) is 0 Å². The molecule has 1 aliphatic carbocycles. The summed E-state index contributed by atoms with van der Waals surface area (Å²) in [4.78, 5) is 0. The molecule has 0 amide bonds. The van der Waals surface area contributed by atoms with Gasteiger partial charge < -0.3 is 0 Å². The Morgan fingerprint density at radius 2 is 1.85 bits per heavy atom. The molecule has 0 aromatic carbocycles. The SMILES string of the molecule is CC(C)CC1=CCCC=CCC1.[Pt]. The van der Waals surface area contributed by atoms with Gasteiger partial charge in [0, 0.05) is 21.1 Å². The van der Waals surface area contributed by atoms with Gasteiger partial charge in [0.1, 0.15) is 0 Å². The van der Waals surface area contributed by atoms with E-state index in [9.17, 15) is 0 Å². The summed E-state index contributed by atoms with van der Waals surface area (Å²) in [6.07, 6.45) is 13.4. The molecule has 0 atom stereocenters. The monoisotopic (exact) mass is 359 g/mol. The summed E-state index contributed by atoms with van der Waals surface area (Å²) < 4.78 is 0. The van der Waals surface area contributed by atoms with Gasteiger partial charge in [0.25, 0.3) is 0 Å². The average Bonchev–Trinajstić information content (AvgIpc) is 1.93. The van der Waals surface area contributed by atoms with E-state index in [-0.39, 0.29) is 21.1 Å². The Hall–Kier alpha value is 0.168. The van der Waals surface area contributed by atoms with E-state index in [1.54, 1.807) is 5.57 Å². The van der Waals surface area contributed by atoms with E-state index in [1.807, 2.05) is 0 Å². The van der Waals surface area contributed by atoms with Crippen LogP contribution in [0.25, 0.3) is 0 Å². The third-order valence-electron chi connectivity index (χ3n) is 2.24. The van der Waals surface area contributed by atoms with Crippen LogP contribution in [0.2, 0.25) is 0 Å². The van der Waals surface area contributed by atoms with Crippen LogP contribution in [0.15, 0.2) is 23.8 Å². The molecule has 78 valence electrons. The molecule has 0 heterocycles. The van der Waals surface area contributed by atoms with Crippen LogP contribution in [-0.4, -0.2) is 0 Å². The second kappa shape index (κ2) is 7.56. The van der Waals surface area contributed by atoms with E-state index >= 15 is 0 Å². The van der Waals surface area contributed by atoms with E-state index in [0.717, 1.165) is 5.92 Å². The van der Waals surface area contributed by atoms with Gasteiger partial charge >= 0.3 is 0 Å². The van der Waals surface area contributed by atoms with Crippen LogP contribution in [0.5, 0.6) is 0 Å². The average molecular weight is 359 g/mol. The molecule has 0 N–H and O–H groups in total. The third-order valence-corrected chi connectivity index (χ3v) is 2.24. The molecule has 13 heavy (non-hydrogen) atoms. The van der Waals surface area contributed by atoms with Crippen LogP contribution >= 0.6 is 0 Å². The molecule has 0 fully saturated rings. The van der Waals surface area contributed by atoms with Crippen LogP contribution in [-0.2, 0) is 21.1 Å². The molecule has 0 aliphatic heterocycles. The summed E-state index contributed by atoms with van der Waals surface area (Å²) in [5, 5.41) is 0. The van der Waals surface area contributed by atoms with E-state index in [2.05, 4.69) is 32.1 Å². The van der Waals surface area contributed by atoms with Crippen molar-refractivity contribution in [2.24, 2.45) is 5.92 Å². The Morgan fingerprint density at radius 3 is 2.54 bits per heavy atom. The van der Waals surface area contributed by atoms with E-state index in [1.165, 1.54) is 32.1 Å². The fourth-order valence-electron chi connectivity index (χ4n) is 1.70. The Kier molecular flexibility index (Phi) is 7.66. The minimum absolute atomic E-state index is 0. The van der Waals surface area contributed by atoms with Gasteiger partial charge in [-0.25, -0.2) is 0 Å². The molecule has 0 unspecified atom stereocenters. The van der Waals surface area contributed by atoms with Crippen molar-refractivity contribution in [2.45, 2.75) is 46.0 Å². The topological polar surface area (TPSA) is 0 Å². The number of hydrogen-bond acceptors (Lipinski definition) is 0. The second-order valence-electron chi connectivity index (χ2n) is 4.05. The maximum atomic E-state index is 2.45. The first-order valence-corrected chi connectivity index (χ1v) is 5.12. The van der Waals surface area contributed by atoms with Gasteiger partial charge in [-0.1, -0.05) is 37.6 Å². The largest absolute Gasteiger partial charge is 0.0882 e. The molecule has 0 radical (unpaired) electrons. The predicted octanol–water partition coefficient (Wildman–Crippen LogP) is 4.09. The molecule has 0 aromatic heterocycles. The Morgan fingerprint density at radius 1 is 1.15 bits per heavy atom. The van der Waals surface area contributed by atoms with Crippen molar-refractivity contribution in [2.75, 3.05) is 0 Å². The summed E-state index contributed by atoms with van der Waals surface area (Å²) in [6.45, 7) is 4.60. The fourth-order valence-corrected chi connectivity index (χ4v) is 1.70. The zero-order chi connectivity index (χ0) is 8.81. The Bertz CT molecular complexity index is 178. The summed E-state index contributed by atoms with van der Waals surface area (Å²) in [7, 11) is 0. The van der Waals surface area contributed by atoms with Gasteiger partial charge in [-0.2, -0.15) is 0 Å². The molecule has 1 aliphatic rings. The molecule has 0 saturated heterocycles. The summed E-state index contributed by atoms with van der Waals surface area (Å²) >= 11 is 0. The van der Waals surface area contributed by atoms with Crippen molar-refractivity contribution in [3.05, 3.63) is 23.8 Å². The quantitative estimate of drug-likeness (QED) is 0.652. The van der Waals surface area contributed by atoms with E-state index in [0.29, 0.717) is 0 Å². The normalized spacial score (nSPS) is 17.3. The van der Waals surface area contributed by atoms with Gasteiger partial charge in [0.05, 0.1) is 0 Å². The standard InChI is InChI=1S/C12H20.Pt/c1-11(2)10-12-8-6-4-3-5-7-9-12;/h3-4,9,11H,5-8,10H2,1-2H3;. The van der Waals surface area contributed by atoms with Gasteiger partial charge in [0.2, 0.25) is 0 Å². The van der Waals surface area contributed by atoms with Crippen molar-refractivity contribution in [3.63, 3.8) is 0 Å². The molecule has 0 spiro atoms. The molecule has 0 bridgehead atoms. The minimum Gasteiger partial charge on any atom is -0.0882 e. The van der Waals surface area contributed by atoms with Crippen LogP contribution < -0.4 is 0 Å². The van der Waals surface area contributed by atoms with Crippen molar-refractivity contribution in [1.82, 2.24) is 0 Å². The van der Waals surface area contributed by atoms with Crippen LogP contribution in [0.3, 0.4) is 0 Å². The second-order valence-corrected chi connectivity index (χ2v) is 4.05. The molecular formula is C12H20Pt. The third kappa shape index (κ3) is 6.27. The van der Waals surface area contributed by atoms with Gasteiger partial charge in [-0.15, -0.1) is 0 Å². The first kappa shape index (κ1) is 13.2. The van der Waals surface area contributed by atoms with Crippen LogP contribution in [0, 0.1) is 5.92 Å². The van der Waals surface area contributed by atoms with Crippen LogP contribution in [0.4, 0.5) is 0 Å². The molecule has 0 nitrogen and oxygen atoms in total. The molecule has 0 saturated carbocycles. The van der Waals surface area contributed by atoms with E-state index < -0.39 is 0 Å². The first-order chi connectivity index (χ1) is 5.79. The van der Waals surface area contributed by atoms with Crippen LogP contribution in [0.1, 0.15) is 46.0 Å². The minimum atomic E-state index is 0. The van der Waals surface area contributed by atoms with Crippen molar-refractivity contribution < 1.29 is 21.1 Å². The summed E-state index contributed by atoms with van der Waals surface area (Å²) in [5.74, 6) is 0.819. The van der Waals surface area contributed by atoms with E-state index in [4.69, 9.17) is 0 Å². The Labute approximate surface area is 96.8 Å².